The fraction of sp³-hybridized carbons (Fsp3) is 0.533. The third-order valence-electron chi connectivity index (χ3n) is 3.66. The Hall–Kier alpha value is -1.55. The smallest absolute Gasteiger partial charge is 0.257 e. The van der Waals surface area contributed by atoms with Crippen molar-refractivity contribution >= 4 is 5.91 Å². The number of aryl methyl sites for hydroxylation is 1. The molecule has 1 heterocycles. The maximum atomic E-state index is 12.4. The summed E-state index contributed by atoms with van der Waals surface area (Å²) in [7, 11) is 0. The van der Waals surface area contributed by atoms with E-state index in [0.717, 1.165) is 38.0 Å². The van der Waals surface area contributed by atoms with Gasteiger partial charge in [0, 0.05) is 19.1 Å². The molecule has 0 bridgehead atoms. The summed E-state index contributed by atoms with van der Waals surface area (Å²) in [4.78, 5) is 14.2. The van der Waals surface area contributed by atoms with Gasteiger partial charge in [0.05, 0.1) is 5.56 Å². The number of hydrogen-bond donors (Lipinski definition) is 2. The molecule has 1 aromatic rings. The topological polar surface area (TPSA) is 52.6 Å². The van der Waals surface area contributed by atoms with Gasteiger partial charge in [-0.25, -0.2) is 0 Å². The molecule has 0 radical (unpaired) electrons. The van der Waals surface area contributed by atoms with Gasteiger partial charge in [0.15, 0.2) is 0 Å². The average Bonchev–Trinajstić information content (AvgIpc) is 2.42. The quantitative estimate of drug-likeness (QED) is 0.875. The van der Waals surface area contributed by atoms with Crippen LogP contribution in [0.3, 0.4) is 0 Å². The predicted molar refractivity (Wildman–Crippen MR) is 75.4 cm³/mol. The second-order valence-corrected chi connectivity index (χ2v) is 5.14. The van der Waals surface area contributed by atoms with Crippen LogP contribution < -0.4 is 5.32 Å². The Morgan fingerprint density at radius 2 is 2.11 bits per heavy atom. The van der Waals surface area contributed by atoms with Crippen molar-refractivity contribution in [1.29, 1.82) is 0 Å². The first kappa shape index (κ1) is 13.9. The van der Waals surface area contributed by atoms with Crippen molar-refractivity contribution in [2.75, 3.05) is 19.6 Å². The average molecular weight is 262 g/mol. The van der Waals surface area contributed by atoms with E-state index in [9.17, 15) is 9.90 Å². The zero-order chi connectivity index (χ0) is 13.8. The number of phenols is 1. The molecule has 1 amide bonds. The number of amides is 1. The number of nitrogens with one attached hydrogen (secondary N) is 1. The molecule has 0 aromatic heterocycles. The normalized spacial score (nSPS) is 16.6. The highest BCUT2D eigenvalue weighted by Crippen LogP contribution is 2.22. The van der Waals surface area contributed by atoms with E-state index in [1.165, 1.54) is 0 Å². The van der Waals surface area contributed by atoms with Gasteiger partial charge in [-0.1, -0.05) is 18.6 Å². The van der Waals surface area contributed by atoms with E-state index in [1.54, 1.807) is 12.1 Å². The standard InChI is InChI=1S/C15H22N2O2/c1-3-16-12-6-8-17(9-7-12)15(19)13-10-11(2)4-5-14(13)18/h4-5,10,12,16,18H,3,6-9H2,1-2H3. The van der Waals surface area contributed by atoms with Crippen molar-refractivity contribution in [3.63, 3.8) is 0 Å². The van der Waals surface area contributed by atoms with Crippen LogP contribution in [0.1, 0.15) is 35.7 Å². The zero-order valence-corrected chi connectivity index (χ0v) is 11.6. The molecule has 0 aliphatic carbocycles. The summed E-state index contributed by atoms with van der Waals surface area (Å²) >= 11 is 0. The van der Waals surface area contributed by atoms with Gasteiger partial charge in [0.25, 0.3) is 5.91 Å². The SMILES string of the molecule is CCNC1CCN(C(=O)c2cc(C)ccc2O)CC1. The summed E-state index contributed by atoms with van der Waals surface area (Å²) in [6.45, 7) is 6.50. The molecule has 4 nitrogen and oxygen atoms in total. The Labute approximate surface area is 114 Å². The highest BCUT2D eigenvalue weighted by molar-refractivity contribution is 5.97. The van der Waals surface area contributed by atoms with Crippen molar-refractivity contribution in [3.05, 3.63) is 29.3 Å². The summed E-state index contributed by atoms with van der Waals surface area (Å²) in [5.41, 5.74) is 1.41. The van der Waals surface area contributed by atoms with Crippen molar-refractivity contribution in [1.82, 2.24) is 10.2 Å². The van der Waals surface area contributed by atoms with Crippen LogP contribution in [0.5, 0.6) is 5.75 Å². The van der Waals surface area contributed by atoms with Crippen LogP contribution in [0.15, 0.2) is 18.2 Å². The zero-order valence-electron chi connectivity index (χ0n) is 11.6. The van der Waals surface area contributed by atoms with E-state index < -0.39 is 0 Å². The van der Waals surface area contributed by atoms with Crippen LogP contribution in [0.4, 0.5) is 0 Å². The minimum absolute atomic E-state index is 0.0591. The van der Waals surface area contributed by atoms with Crippen molar-refractivity contribution in [2.24, 2.45) is 0 Å². The molecule has 0 atom stereocenters. The minimum Gasteiger partial charge on any atom is -0.507 e. The molecule has 4 heteroatoms. The third kappa shape index (κ3) is 3.26. The number of likely N-dealkylation sites (tertiary alicyclic amines) is 1. The highest BCUT2D eigenvalue weighted by Gasteiger charge is 2.24. The van der Waals surface area contributed by atoms with Gasteiger partial charge in [-0.3, -0.25) is 4.79 Å². The number of carbonyl (C=O) groups is 1. The molecule has 1 saturated heterocycles. The number of aromatic hydroxyl groups is 1. The molecule has 1 aliphatic heterocycles. The minimum atomic E-state index is -0.0591. The van der Waals surface area contributed by atoms with E-state index in [2.05, 4.69) is 12.2 Å². The van der Waals surface area contributed by atoms with Gasteiger partial charge in [-0.2, -0.15) is 0 Å². The summed E-state index contributed by atoms with van der Waals surface area (Å²) in [5, 5.41) is 13.2. The number of rotatable bonds is 3. The van der Waals surface area contributed by atoms with Crippen LogP contribution in [0.2, 0.25) is 0 Å². The van der Waals surface area contributed by atoms with Gasteiger partial charge in [-0.15, -0.1) is 0 Å². The number of nitrogens with zero attached hydrogens (tertiary/aromatic N) is 1. The molecular weight excluding hydrogens is 240 g/mol. The van der Waals surface area contributed by atoms with Crippen LogP contribution in [0, 0.1) is 6.92 Å². The molecule has 2 N–H and O–H groups in total. The fourth-order valence-electron chi connectivity index (χ4n) is 2.57. The Kier molecular flexibility index (Phi) is 4.43. The van der Waals surface area contributed by atoms with Gasteiger partial charge in [0.2, 0.25) is 0 Å². The second-order valence-electron chi connectivity index (χ2n) is 5.14. The largest absolute Gasteiger partial charge is 0.507 e. The Balaban J connectivity index is 2.03. The first-order valence-electron chi connectivity index (χ1n) is 6.94. The lowest BCUT2D eigenvalue weighted by molar-refractivity contribution is 0.0703. The van der Waals surface area contributed by atoms with E-state index in [0.29, 0.717) is 11.6 Å². The molecule has 1 fully saturated rings. The van der Waals surface area contributed by atoms with E-state index >= 15 is 0 Å². The Morgan fingerprint density at radius 3 is 2.74 bits per heavy atom. The number of benzene rings is 1. The summed E-state index contributed by atoms with van der Waals surface area (Å²) in [5.74, 6) is 0.0144. The van der Waals surface area contributed by atoms with E-state index in [1.807, 2.05) is 17.9 Å². The van der Waals surface area contributed by atoms with Gasteiger partial charge < -0.3 is 15.3 Å². The number of carbonyl (C=O) groups excluding carboxylic acids is 1. The maximum Gasteiger partial charge on any atom is 0.257 e. The summed E-state index contributed by atoms with van der Waals surface area (Å²) in [6, 6.07) is 5.67. The fourth-order valence-corrected chi connectivity index (χ4v) is 2.57. The first-order valence-corrected chi connectivity index (χ1v) is 6.94. The lowest BCUT2D eigenvalue weighted by Gasteiger charge is -2.32. The van der Waals surface area contributed by atoms with Crippen LogP contribution >= 0.6 is 0 Å². The second kappa shape index (κ2) is 6.06. The van der Waals surface area contributed by atoms with E-state index in [4.69, 9.17) is 0 Å². The molecule has 1 aliphatic rings. The molecule has 0 saturated carbocycles. The summed E-state index contributed by atoms with van der Waals surface area (Å²) < 4.78 is 0. The van der Waals surface area contributed by atoms with E-state index in [-0.39, 0.29) is 11.7 Å². The van der Waals surface area contributed by atoms with Crippen molar-refractivity contribution < 1.29 is 9.90 Å². The molecule has 0 unspecified atom stereocenters. The highest BCUT2D eigenvalue weighted by atomic mass is 16.3. The Bertz CT molecular complexity index is 451. The van der Waals surface area contributed by atoms with Crippen LogP contribution in [-0.4, -0.2) is 41.6 Å². The van der Waals surface area contributed by atoms with Gasteiger partial charge in [0.1, 0.15) is 5.75 Å². The number of phenolic OH excluding ortho intramolecular Hbond substituents is 1. The predicted octanol–water partition coefficient (Wildman–Crippen LogP) is 1.91. The monoisotopic (exact) mass is 262 g/mol. The van der Waals surface area contributed by atoms with Gasteiger partial charge in [-0.05, 0) is 38.4 Å². The summed E-state index contributed by atoms with van der Waals surface area (Å²) in [6.07, 6.45) is 1.96. The first-order chi connectivity index (χ1) is 9.11. The van der Waals surface area contributed by atoms with Gasteiger partial charge >= 0.3 is 0 Å². The third-order valence-corrected chi connectivity index (χ3v) is 3.66. The molecule has 104 valence electrons. The van der Waals surface area contributed by atoms with Crippen LogP contribution in [-0.2, 0) is 0 Å². The van der Waals surface area contributed by atoms with Crippen molar-refractivity contribution in [3.8, 4) is 5.75 Å². The molecular formula is C15H22N2O2. The van der Waals surface area contributed by atoms with Crippen LogP contribution in [0.25, 0.3) is 0 Å². The lowest BCUT2D eigenvalue weighted by Crippen LogP contribution is -2.44. The lowest BCUT2D eigenvalue weighted by atomic mass is 10.0. The molecule has 1 aromatic carbocycles. The maximum absolute atomic E-state index is 12.4. The number of hydrogen-bond acceptors (Lipinski definition) is 3. The molecule has 19 heavy (non-hydrogen) atoms. The molecule has 2 rings (SSSR count). The Morgan fingerprint density at radius 1 is 1.42 bits per heavy atom. The molecule has 0 spiro atoms. The van der Waals surface area contributed by atoms with Crippen molar-refractivity contribution in [2.45, 2.75) is 32.7 Å². The number of piperidine rings is 1.